The molecule has 1 amide bonds. The van der Waals surface area contributed by atoms with Crippen LogP contribution in [-0.4, -0.2) is 52.9 Å². The maximum absolute atomic E-state index is 14.1. The highest BCUT2D eigenvalue weighted by Gasteiger charge is 2.29. The maximum atomic E-state index is 14.1. The van der Waals surface area contributed by atoms with Crippen molar-refractivity contribution in [2.24, 2.45) is 13.0 Å². The lowest BCUT2D eigenvalue weighted by Gasteiger charge is -2.30. The summed E-state index contributed by atoms with van der Waals surface area (Å²) in [6.45, 7) is 0.606. The molecule has 0 bridgehead atoms. The van der Waals surface area contributed by atoms with Gasteiger partial charge in [0.1, 0.15) is 5.82 Å². The Morgan fingerprint density at radius 1 is 0.840 bits per heavy atom. The number of Topliss-reactive ketones (excluding diaryl/α,β-unsaturated/α-hetero) is 1. The van der Waals surface area contributed by atoms with Crippen molar-refractivity contribution in [3.63, 3.8) is 0 Å². The van der Waals surface area contributed by atoms with Crippen LogP contribution < -0.4 is 15.5 Å². The van der Waals surface area contributed by atoms with Gasteiger partial charge in [-0.1, -0.05) is 73.9 Å². The van der Waals surface area contributed by atoms with E-state index >= 15 is 0 Å². The van der Waals surface area contributed by atoms with Crippen LogP contribution in [0.1, 0.15) is 97.5 Å². The first-order valence-corrected chi connectivity index (χ1v) is 18.5. The third-order valence-electron chi connectivity index (χ3n) is 11.1. The largest absolute Gasteiger partial charge is 0.362 e. The number of ketones is 1. The molecular weight excluding hydrogens is 621 g/mol. The van der Waals surface area contributed by atoms with E-state index in [1.807, 2.05) is 74.7 Å². The molecule has 50 heavy (non-hydrogen) atoms. The van der Waals surface area contributed by atoms with Gasteiger partial charge in [0.25, 0.3) is 0 Å². The predicted octanol–water partition coefficient (Wildman–Crippen LogP) is 8.38. The van der Waals surface area contributed by atoms with Gasteiger partial charge in [-0.15, -0.1) is 0 Å². The number of amides is 1. The van der Waals surface area contributed by atoms with Crippen molar-refractivity contribution in [2.75, 3.05) is 30.9 Å². The van der Waals surface area contributed by atoms with Gasteiger partial charge < -0.3 is 20.1 Å². The van der Waals surface area contributed by atoms with Gasteiger partial charge in [0.15, 0.2) is 5.78 Å². The summed E-state index contributed by atoms with van der Waals surface area (Å²) in [6, 6.07) is 24.7. The van der Waals surface area contributed by atoms with Crippen LogP contribution in [0.2, 0.25) is 0 Å². The number of benzene rings is 3. The van der Waals surface area contributed by atoms with Crippen LogP contribution in [-0.2, 0) is 11.8 Å². The summed E-state index contributed by atoms with van der Waals surface area (Å²) in [5.74, 6) is 1.91. The van der Waals surface area contributed by atoms with Gasteiger partial charge in [-0.05, 0) is 79.7 Å². The number of hydrogen-bond donors (Lipinski definition) is 2. The number of rotatable bonds is 11. The molecule has 2 aliphatic rings. The van der Waals surface area contributed by atoms with Gasteiger partial charge in [-0.25, -0.2) is 4.98 Å². The van der Waals surface area contributed by atoms with E-state index in [0.29, 0.717) is 29.9 Å². The lowest BCUT2D eigenvalue weighted by Crippen LogP contribution is -2.37. The Kier molecular flexibility index (Phi) is 10.2. The number of nitrogens with one attached hydrogen (secondary N) is 2. The van der Waals surface area contributed by atoms with E-state index in [1.165, 1.54) is 37.7 Å². The molecule has 0 aliphatic heterocycles. The summed E-state index contributed by atoms with van der Waals surface area (Å²) in [6.07, 6.45) is 12.5. The van der Waals surface area contributed by atoms with Gasteiger partial charge in [0.05, 0.1) is 11.4 Å². The van der Waals surface area contributed by atoms with E-state index in [-0.39, 0.29) is 24.2 Å². The summed E-state index contributed by atoms with van der Waals surface area (Å²) < 4.78 is 2.06. The molecule has 2 saturated carbocycles. The lowest BCUT2D eigenvalue weighted by atomic mass is 9.83. The normalized spacial score (nSPS) is 18.9. The maximum Gasteiger partial charge on any atom is 0.228 e. The van der Waals surface area contributed by atoms with Gasteiger partial charge in [-0.2, -0.15) is 4.98 Å². The van der Waals surface area contributed by atoms with Crippen LogP contribution in [0, 0.1) is 5.92 Å². The van der Waals surface area contributed by atoms with Crippen LogP contribution >= 0.6 is 0 Å². The second kappa shape index (κ2) is 15.0. The van der Waals surface area contributed by atoms with E-state index < -0.39 is 5.92 Å². The van der Waals surface area contributed by atoms with Crippen LogP contribution in [0.4, 0.5) is 11.8 Å². The second-order valence-electron chi connectivity index (χ2n) is 14.7. The van der Waals surface area contributed by atoms with E-state index in [4.69, 9.17) is 9.97 Å². The number of carbonyl (C=O) groups excluding carboxylic acids is 2. The first-order chi connectivity index (χ1) is 24.3. The second-order valence-corrected chi connectivity index (χ2v) is 14.7. The van der Waals surface area contributed by atoms with Crippen molar-refractivity contribution in [1.82, 2.24) is 19.9 Å². The zero-order valence-electron chi connectivity index (χ0n) is 29.7. The standard InChI is InChI=1S/C42H50N6O2/c1-47(2)40-34-14-7-9-15-37(34)45-42(46-40)44-32-23-17-28(18-24-32)26-43-41(50)35(36-27-48(3)38-16-10-8-13-33(36)38)25-39(49)31-21-19-30(20-22-31)29-11-5-4-6-12-29/h7-10,13-16,19-22,27-29,32,35H,4-6,11-12,17-18,23-26H2,1-3H3,(H,43,50)(H,44,45,46). The zero-order chi connectivity index (χ0) is 34.6. The third-order valence-corrected chi connectivity index (χ3v) is 11.1. The Bertz CT molecular complexity index is 1950. The van der Waals surface area contributed by atoms with Crippen LogP contribution in [0.3, 0.4) is 0 Å². The fourth-order valence-electron chi connectivity index (χ4n) is 8.20. The molecular formula is C42H50N6O2. The number of carbonyl (C=O) groups is 2. The molecule has 0 radical (unpaired) electrons. The molecule has 1 unspecified atom stereocenters. The Morgan fingerprint density at radius 3 is 2.28 bits per heavy atom. The molecule has 7 rings (SSSR count). The molecule has 0 spiro atoms. The van der Waals surface area contributed by atoms with Crippen molar-refractivity contribution >= 4 is 45.3 Å². The topological polar surface area (TPSA) is 92.2 Å². The number of anilines is 2. The van der Waals surface area contributed by atoms with E-state index in [9.17, 15) is 9.59 Å². The Morgan fingerprint density at radius 2 is 1.54 bits per heavy atom. The monoisotopic (exact) mass is 670 g/mol. The quantitative estimate of drug-likeness (QED) is 0.137. The third kappa shape index (κ3) is 7.40. The van der Waals surface area contributed by atoms with Gasteiger partial charge in [0, 0.05) is 68.2 Å². The number of fused-ring (bicyclic) bond motifs is 2. The minimum Gasteiger partial charge on any atom is -0.362 e. The fourth-order valence-corrected chi connectivity index (χ4v) is 8.20. The molecule has 8 heteroatoms. The van der Waals surface area contributed by atoms with Gasteiger partial charge >= 0.3 is 0 Å². The number of nitrogens with zero attached hydrogens (tertiary/aromatic N) is 4. The number of aromatic nitrogens is 3. The first kappa shape index (κ1) is 33.8. The molecule has 2 N–H and O–H groups in total. The number of hydrogen-bond acceptors (Lipinski definition) is 6. The van der Waals surface area contributed by atoms with E-state index in [1.54, 1.807) is 0 Å². The fraction of sp³-hybridized carbons (Fsp3) is 0.429. The van der Waals surface area contributed by atoms with E-state index in [0.717, 1.165) is 58.9 Å². The highest BCUT2D eigenvalue weighted by molar-refractivity contribution is 6.02. The Balaban J connectivity index is 1.00. The Labute approximate surface area is 295 Å². The number of para-hydroxylation sites is 2. The van der Waals surface area contributed by atoms with Crippen LogP contribution in [0.15, 0.2) is 79.0 Å². The molecule has 2 fully saturated rings. The average Bonchev–Trinajstić information content (AvgIpc) is 3.49. The molecule has 260 valence electrons. The average molecular weight is 671 g/mol. The van der Waals surface area contributed by atoms with Crippen molar-refractivity contribution in [1.29, 1.82) is 0 Å². The molecule has 1 atom stereocenters. The van der Waals surface area contributed by atoms with Crippen molar-refractivity contribution in [3.8, 4) is 0 Å². The summed E-state index contributed by atoms with van der Waals surface area (Å²) in [4.78, 5) is 39.5. The van der Waals surface area contributed by atoms with Crippen molar-refractivity contribution < 1.29 is 9.59 Å². The van der Waals surface area contributed by atoms with E-state index in [2.05, 4.69) is 45.5 Å². The minimum absolute atomic E-state index is 0.00759. The molecule has 2 aliphatic carbocycles. The molecule has 0 saturated heterocycles. The first-order valence-electron chi connectivity index (χ1n) is 18.5. The molecule has 3 aromatic carbocycles. The van der Waals surface area contributed by atoms with Crippen molar-refractivity contribution in [3.05, 3.63) is 95.7 Å². The number of aryl methyl sites for hydroxylation is 1. The van der Waals surface area contributed by atoms with Crippen molar-refractivity contribution in [2.45, 2.75) is 82.1 Å². The van der Waals surface area contributed by atoms with Gasteiger partial charge in [-0.3, -0.25) is 9.59 Å². The highest BCUT2D eigenvalue weighted by Crippen LogP contribution is 2.35. The smallest absolute Gasteiger partial charge is 0.228 e. The highest BCUT2D eigenvalue weighted by atomic mass is 16.2. The summed E-state index contributed by atoms with van der Waals surface area (Å²) in [5, 5.41) is 8.95. The van der Waals surface area contributed by atoms with Crippen LogP contribution in [0.25, 0.3) is 21.8 Å². The molecule has 2 aromatic heterocycles. The minimum atomic E-state index is -0.569. The molecule has 8 nitrogen and oxygen atoms in total. The SMILES string of the molecule is CN(C)c1nc(NC2CCC(CNC(=O)C(CC(=O)c3ccc(C4CCCCC4)cc3)c3cn(C)c4ccccc34)CC2)nc2ccccc12. The predicted molar refractivity (Wildman–Crippen MR) is 203 cm³/mol. The molecule has 2 heterocycles. The van der Waals surface area contributed by atoms with Crippen LogP contribution in [0.5, 0.6) is 0 Å². The summed E-state index contributed by atoms with van der Waals surface area (Å²) >= 11 is 0. The lowest BCUT2D eigenvalue weighted by molar-refractivity contribution is -0.122. The van der Waals surface area contributed by atoms with Gasteiger partial charge in [0.2, 0.25) is 11.9 Å². The summed E-state index contributed by atoms with van der Waals surface area (Å²) in [7, 11) is 6.02. The Hall–Kier alpha value is -4.72. The molecule has 5 aromatic rings. The summed E-state index contributed by atoms with van der Waals surface area (Å²) in [5.41, 5.74) is 4.91. The zero-order valence-corrected chi connectivity index (χ0v) is 29.7.